The van der Waals surface area contributed by atoms with Gasteiger partial charge in [0.05, 0.1) is 50.3 Å². The SMILES string of the molecule is N#Cc1cccc(-c2cccc(-c3cc(-n4c5ccccc5c5cc6c(cc54)Cc4ccccc4-6)cc(-n4c5ccccc5c5c4ccc4c6ccccc6n(-c6ccccc6)c45)c3)c2C#N)c1. The number of hydrogen-bond acceptors (Lipinski definition) is 2. The molecule has 5 nitrogen and oxygen atoms in total. The van der Waals surface area contributed by atoms with E-state index in [1.165, 1.54) is 49.2 Å². The van der Waals surface area contributed by atoms with Gasteiger partial charge in [0.2, 0.25) is 0 Å². The van der Waals surface area contributed by atoms with Crippen LogP contribution < -0.4 is 0 Å². The lowest BCUT2D eigenvalue weighted by Crippen LogP contribution is -2.01. The van der Waals surface area contributed by atoms with Gasteiger partial charge in [-0.15, -0.1) is 0 Å². The van der Waals surface area contributed by atoms with Crippen LogP contribution in [-0.4, -0.2) is 13.7 Å². The number of nitriles is 2. The third-order valence-electron chi connectivity index (χ3n) is 14.3. The average molecular weight is 864 g/mol. The molecule has 0 bridgehead atoms. The summed E-state index contributed by atoms with van der Waals surface area (Å²) in [6.07, 6.45) is 0.884. The van der Waals surface area contributed by atoms with Gasteiger partial charge in [-0.05, 0) is 119 Å². The van der Waals surface area contributed by atoms with Crippen LogP contribution in [0.25, 0.3) is 116 Å². The van der Waals surface area contributed by atoms with E-state index < -0.39 is 0 Å². The number of fused-ring (bicyclic) bond motifs is 13. The van der Waals surface area contributed by atoms with Crippen molar-refractivity contribution in [3.8, 4) is 62.6 Å². The molecule has 0 atom stereocenters. The molecule has 0 radical (unpaired) electrons. The zero-order valence-electron chi connectivity index (χ0n) is 36.7. The molecule has 314 valence electrons. The maximum atomic E-state index is 11.1. The molecule has 68 heavy (non-hydrogen) atoms. The van der Waals surface area contributed by atoms with Gasteiger partial charge in [0.1, 0.15) is 6.07 Å². The van der Waals surface area contributed by atoms with Gasteiger partial charge >= 0.3 is 0 Å². The minimum Gasteiger partial charge on any atom is -0.309 e. The Labute approximate surface area is 391 Å². The lowest BCUT2D eigenvalue weighted by Gasteiger charge is -2.17. The van der Waals surface area contributed by atoms with Gasteiger partial charge in [0, 0.05) is 60.5 Å². The predicted octanol–water partition coefficient (Wildman–Crippen LogP) is 15.6. The van der Waals surface area contributed by atoms with E-state index in [9.17, 15) is 10.5 Å². The maximum absolute atomic E-state index is 11.1. The number of para-hydroxylation sites is 4. The smallest absolute Gasteiger partial charge is 0.100 e. The third-order valence-corrected chi connectivity index (χ3v) is 14.3. The molecule has 1 aliphatic carbocycles. The quantitative estimate of drug-likeness (QED) is 0.173. The monoisotopic (exact) mass is 863 g/mol. The Kier molecular flexibility index (Phi) is 8.11. The van der Waals surface area contributed by atoms with Crippen molar-refractivity contribution in [3.05, 3.63) is 235 Å². The summed E-state index contributed by atoms with van der Waals surface area (Å²) in [5.74, 6) is 0. The topological polar surface area (TPSA) is 62.4 Å². The number of rotatable bonds is 5. The Morgan fingerprint density at radius 3 is 1.72 bits per heavy atom. The maximum Gasteiger partial charge on any atom is 0.100 e. The Hall–Kier alpha value is -9.42. The summed E-state index contributed by atoms with van der Waals surface area (Å²) >= 11 is 0. The van der Waals surface area contributed by atoms with Gasteiger partial charge in [-0.2, -0.15) is 10.5 Å². The summed E-state index contributed by atoms with van der Waals surface area (Å²) < 4.78 is 7.26. The van der Waals surface area contributed by atoms with Crippen LogP contribution in [0.3, 0.4) is 0 Å². The first-order valence-corrected chi connectivity index (χ1v) is 23.0. The van der Waals surface area contributed by atoms with Crippen LogP contribution >= 0.6 is 0 Å². The average Bonchev–Trinajstić information content (AvgIpc) is 4.14. The summed E-state index contributed by atoms with van der Waals surface area (Å²) in [6.45, 7) is 0. The fourth-order valence-corrected chi connectivity index (χ4v) is 11.4. The van der Waals surface area contributed by atoms with Crippen molar-refractivity contribution < 1.29 is 0 Å². The molecule has 10 aromatic carbocycles. The van der Waals surface area contributed by atoms with Gasteiger partial charge in [-0.1, -0.05) is 133 Å². The second-order valence-corrected chi connectivity index (χ2v) is 17.9. The van der Waals surface area contributed by atoms with Crippen molar-refractivity contribution >= 4 is 65.4 Å². The summed E-state index contributed by atoms with van der Waals surface area (Å²) in [5.41, 5.74) is 19.6. The Morgan fingerprint density at radius 1 is 0.338 bits per heavy atom. The molecule has 0 fully saturated rings. The van der Waals surface area contributed by atoms with Gasteiger partial charge in [-0.25, -0.2) is 0 Å². The molecular weight excluding hydrogens is 827 g/mol. The minimum atomic E-state index is 0.550. The van der Waals surface area contributed by atoms with Crippen molar-refractivity contribution in [2.45, 2.75) is 6.42 Å². The molecular formula is C63H37N5. The lowest BCUT2D eigenvalue weighted by atomic mass is 9.91. The Balaban J connectivity index is 1.10. The molecule has 1 aliphatic rings. The van der Waals surface area contributed by atoms with Gasteiger partial charge in [0.15, 0.2) is 0 Å². The number of nitrogens with zero attached hydrogens (tertiary/aromatic N) is 5. The van der Waals surface area contributed by atoms with Crippen LogP contribution in [0.4, 0.5) is 0 Å². The van der Waals surface area contributed by atoms with Crippen molar-refractivity contribution in [1.29, 1.82) is 10.5 Å². The number of aromatic nitrogens is 3. The van der Waals surface area contributed by atoms with Crippen LogP contribution in [0.2, 0.25) is 0 Å². The molecule has 0 unspecified atom stereocenters. The summed E-state index contributed by atoms with van der Waals surface area (Å²) in [4.78, 5) is 0. The first-order chi connectivity index (χ1) is 33.6. The highest BCUT2D eigenvalue weighted by Gasteiger charge is 2.25. The van der Waals surface area contributed by atoms with E-state index in [1.807, 2.05) is 30.3 Å². The molecule has 0 saturated carbocycles. The molecule has 3 heterocycles. The van der Waals surface area contributed by atoms with E-state index in [4.69, 9.17) is 0 Å². The molecule has 0 amide bonds. The fourth-order valence-electron chi connectivity index (χ4n) is 11.4. The molecule has 0 spiro atoms. The normalized spacial score (nSPS) is 12.0. The summed E-state index contributed by atoms with van der Waals surface area (Å²) in [6, 6.07) is 80.3. The summed E-state index contributed by atoms with van der Waals surface area (Å²) in [5, 5.41) is 28.1. The zero-order valence-corrected chi connectivity index (χ0v) is 36.7. The van der Waals surface area contributed by atoms with Crippen LogP contribution in [0.5, 0.6) is 0 Å². The van der Waals surface area contributed by atoms with E-state index in [1.54, 1.807) is 6.07 Å². The Morgan fingerprint density at radius 2 is 0.956 bits per heavy atom. The van der Waals surface area contributed by atoms with Crippen LogP contribution in [0, 0.1) is 22.7 Å². The van der Waals surface area contributed by atoms with E-state index in [-0.39, 0.29) is 0 Å². The minimum absolute atomic E-state index is 0.550. The van der Waals surface area contributed by atoms with E-state index in [2.05, 4.69) is 202 Å². The van der Waals surface area contributed by atoms with Crippen molar-refractivity contribution in [2.24, 2.45) is 0 Å². The van der Waals surface area contributed by atoms with Gasteiger partial charge < -0.3 is 13.7 Å². The van der Waals surface area contributed by atoms with Crippen molar-refractivity contribution in [2.75, 3.05) is 0 Å². The summed E-state index contributed by atoms with van der Waals surface area (Å²) in [7, 11) is 0. The largest absolute Gasteiger partial charge is 0.309 e. The molecule has 3 aromatic heterocycles. The molecule has 0 N–H and O–H groups in total. The van der Waals surface area contributed by atoms with E-state index in [0.717, 1.165) is 84.2 Å². The van der Waals surface area contributed by atoms with Gasteiger partial charge in [-0.3, -0.25) is 0 Å². The fraction of sp³-hybridized carbons (Fsp3) is 0.0159. The van der Waals surface area contributed by atoms with E-state index in [0.29, 0.717) is 11.1 Å². The number of hydrogen-bond donors (Lipinski definition) is 0. The zero-order chi connectivity index (χ0) is 45.0. The first-order valence-electron chi connectivity index (χ1n) is 23.0. The first kappa shape index (κ1) is 37.9. The van der Waals surface area contributed by atoms with Crippen LogP contribution in [0.1, 0.15) is 22.3 Å². The highest BCUT2D eigenvalue weighted by molar-refractivity contribution is 6.26. The van der Waals surface area contributed by atoms with Crippen LogP contribution in [-0.2, 0) is 6.42 Å². The Bertz CT molecular complexity index is 4370. The lowest BCUT2D eigenvalue weighted by molar-refractivity contribution is 1.13. The molecule has 0 aliphatic heterocycles. The second-order valence-electron chi connectivity index (χ2n) is 17.9. The molecule has 5 heteroatoms. The highest BCUT2D eigenvalue weighted by Crippen LogP contribution is 2.46. The van der Waals surface area contributed by atoms with Crippen molar-refractivity contribution in [3.63, 3.8) is 0 Å². The van der Waals surface area contributed by atoms with Crippen LogP contribution in [0.15, 0.2) is 212 Å². The third kappa shape index (κ3) is 5.42. The molecule has 13 aromatic rings. The van der Waals surface area contributed by atoms with E-state index >= 15 is 0 Å². The molecule has 14 rings (SSSR count). The number of benzene rings is 10. The standard InChI is InChI=1S/C63H37N5/c64-37-39-14-12-16-40(30-39)48-23-13-24-49(56(48)38-65)43-32-45(35-46(33-43)67-57-25-9-7-21-51(57)55-36-54-42(34-61(55)67)31-41-15-4-5-19-47(41)54)66-59-27-11-8-22-53(59)62-60(66)29-28-52-50-20-6-10-26-58(50)68(63(52)62)44-17-2-1-3-18-44/h1-30,32-36H,31H2. The van der Waals surface area contributed by atoms with Crippen molar-refractivity contribution in [1.82, 2.24) is 13.7 Å². The molecule has 0 saturated heterocycles. The predicted molar refractivity (Wildman–Crippen MR) is 278 cm³/mol. The second kappa shape index (κ2) is 14.5. The van der Waals surface area contributed by atoms with Gasteiger partial charge in [0.25, 0.3) is 0 Å². The highest BCUT2D eigenvalue weighted by atomic mass is 15.0.